The molecule has 0 saturated heterocycles. The second-order valence-corrected chi connectivity index (χ2v) is 5.70. The summed E-state index contributed by atoms with van der Waals surface area (Å²) in [5.41, 5.74) is 2.31. The lowest BCUT2D eigenvalue weighted by Crippen LogP contribution is -2.08. The van der Waals surface area contributed by atoms with Crippen molar-refractivity contribution in [1.29, 1.82) is 0 Å². The van der Waals surface area contributed by atoms with Gasteiger partial charge in [-0.25, -0.2) is 9.78 Å². The summed E-state index contributed by atoms with van der Waals surface area (Å²) in [5.74, 6) is -0.585. The standard InChI is InChI=1S/C16H10F3NO2S/c17-16(18,19)12-3-1-2-10(6-12)8-22-15(21)11-4-5-13-14(7-11)23-9-20-13/h1-7,9H,8H2. The molecule has 0 amide bonds. The Balaban J connectivity index is 1.71. The quantitative estimate of drug-likeness (QED) is 0.652. The molecule has 2 aromatic carbocycles. The van der Waals surface area contributed by atoms with E-state index >= 15 is 0 Å². The number of benzene rings is 2. The molecule has 0 aliphatic rings. The van der Waals surface area contributed by atoms with Crippen LogP contribution in [0.15, 0.2) is 48.0 Å². The highest BCUT2D eigenvalue weighted by molar-refractivity contribution is 7.16. The van der Waals surface area contributed by atoms with Crippen LogP contribution in [0.1, 0.15) is 21.5 Å². The van der Waals surface area contributed by atoms with Crippen LogP contribution in [0.5, 0.6) is 0 Å². The van der Waals surface area contributed by atoms with Crippen LogP contribution < -0.4 is 0 Å². The van der Waals surface area contributed by atoms with Crippen LogP contribution in [-0.4, -0.2) is 11.0 Å². The van der Waals surface area contributed by atoms with Crippen molar-refractivity contribution in [3.63, 3.8) is 0 Å². The van der Waals surface area contributed by atoms with Gasteiger partial charge in [0, 0.05) is 0 Å². The molecule has 118 valence electrons. The Morgan fingerprint density at radius 2 is 2.00 bits per heavy atom. The van der Waals surface area contributed by atoms with Crippen LogP contribution in [-0.2, 0) is 17.5 Å². The SMILES string of the molecule is O=C(OCc1cccc(C(F)(F)F)c1)c1ccc2ncsc2c1. The van der Waals surface area contributed by atoms with E-state index in [4.69, 9.17) is 4.74 Å². The van der Waals surface area contributed by atoms with Gasteiger partial charge >= 0.3 is 12.1 Å². The molecule has 3 nitrogen and oxygen atoms in total. The average molecular weight is 337 g/mol. The molecule has 1 aromatic heterocycles. The van der Waals surface area contributed by atoms with Crippen LogP contribution in [0.2, 0.25) is 0 Å². The minimum absolute atomic E-state index is 0.219. The van der Waals surface area contributed by atoms with Crippen molar-refractivity contribution in [2.45, 2.75) is 12.8 Å². The largest absolute Gasteiger partial charge is 0.457 e. The summed E-state index contributed by atoms with van der Waals surface area (Å²) < 4.78 is 43.8. The zero-order chi connectivity index (χ0) is 16.4. The number of alkyl halides is 3. The smallest absolute Gasteiger partial charge is 0.416 e. The molecule has 0 aliphatic heterocycles. The second-order valence-electron chi connectivity index (χ2n) is 4.81. The lowest BCUT2D eigenvalue weighted by Gasteiger charge is -2.09. The Morgan fingerprint density at radius 3 is 2.78 bits per heavy atom. The Morgan fingerprint density at radius 1 is 1.17 bits per heavy atom. The molecule has 0 aliphatic carbocycles. The number of carbonyl (C=O) groups is 1. The number of nitrogens with zero attached hydrogens (tertiary/aromatic N) is 1. The third-order valence-electron chi connectivity index (χ3n) is 3.19. The Hall–Kier alpha value is -2.41. The van der Waals surface area contributed by atoms with Gasteiger partial charge in [-0.3, -0.25) is 0 Å². The summed E-state index contributed by atoms with van der Waals surface area (Å²) in [6, 6.07) is 9.65. The van der Waals surface area contributed by atoms with Gasteiger partial charge in [0.15, 0.2) is 0 Å². The fraction of sp³-hybridized carbons (Fsp3) is 0.125. The average Bonchev–Trinajstić information content (AvgIpc) is 2.99. The normalized spacial score (nSPS) is 11.6. The van der Waals surface area contributed by atoms with Crippen LogP contribution >= 0.6 is 11.3 Å². The van der Waals surface area contributed by atoms with E-state index in [9.17, 15) is 18.0 Å². The fourth-order valence-corrected chi connectivity index (χ4v) is 2.77. The third-order valence-corrected chi connectivity index (χ3v) is 3.98. The third kappa shape index (κ3) is 3.50. The molecular formula is C16H10F3NO2S. The van der Waals surface area contributed by atoms with Gasteiger partial charge in [-0.1, -0.05) is 12.1 Å². The number of fused-ring (bicyclic) bond motifs is 1. The van der Waals surface area contributed by atoms with Crippen molar-refractivity contribution in [3.8, 4) is 0 Å². The van der Waals surface area contributed by atoms with Crippen LogP contribution in [0, 0.1) is 0 Å². The highest BCUT2D eigenvalue weighted by Crippen LogP contribution is 2.29. The van der Waals surface area contributed by atoms with Crippen molar-refractivity contribution in [2.75, 3.05) is 0 Å². The molecule has 23 heavy (non-hydrogen) atoms. The van der Waals surface area contributed by atoms with Gasteiger partial charge in [-0.2, -0.15) is 13.2 Å². The fourth-order valence-electron chi connectivity index (χ4n) is 2.05. The molecule has 0 unspecified atom stereocenters. The molecule has 7 heteroatoms. The zero-order valence-electron chi connectivity index (χ0n) is 11.6. The zero-order valence-corrected chi connectivity index (χ0v) is 12.4. The van der Waals surface area contributed by atoms with Gasteiger partial charge in [-0.15, -0.1) is 11.3 Å². The van der Waals surface area contributed by atoms with Crippen LogP contribution in [0.25, 0.3) is 10.2 Å². The first-order valence-corrected chi connectivity index (χ1v) is 7.48. The van der Waals surface area contributed by atoms with Gasteiger partial charge in [0.2, 0.25) is 0 Å². The van der Waals surface area contributed by atoms with E-state index in [1.807, 2.05) is 0 Å². The van der Waals surface area contributed by atoms with Gasteiger partial charge in [0.1, 0.15) is 6.61 Å². The first kappa shape index (κ1) is 15.5. The maximum atomic E-state index is 12.6. The Labute approximate surface area is 133 Å². The minimum atomic E-state index is -4.42. The van der Waals surface area contributed by atoms with Crippen molar-refractivity contribution >= 4 is 27.5 Å². The molecule has 0 spiro atoms. The Kier molecular flexibility index (Phi) is 4.04. The first-order valence-electron chi connectivity index (χ1n) is 6.60. The maximum absolute atomic E-state index is 12.6. The predicted octanol–water partition coefficient (Wildman–Crippen LogP) is 4.67. The molecule has 0 bridgehead atoms. The van der Waals surface area contributed by atoms with Crippen molar-refractivity contribution in [2.24, 2.45) is 0 Å². The van der Waals surface area contributed by atoms with Gasteiger partial charge in [-0.05, 0) is 35.9 Å². The summed E-state index contributed by atoms with van der Waals surface area (Å²) in [6.07, 6.45) is -4.42. The minimum Gasteiger partial charge on any atom is -0.457 e. The van der Waals surface area contributed by atoms with Gasteiger partial charge in [0.25, 0.3) is 0 Å². The summed E-state index contributed by atoms with van der Waals surface area (Å²) >= 11 is 1.39. The van der Waals surface area contributed by atoms with Gasteiger partial charge < -0.3 is 4.74 Å². The lowest BCUT2D eigenvalue weighted by atomic mass is 10.1. The number of ether oxygens (including phenoxy) is 1. The molecule has 0 atom stereocenters. The van der Waals surface area contributed by atoms with Crippen LogP contribution in [0.4, 0.5) is 13.2 Å². The van der Waals surface area contributed by atoms with E-state index in [0.717, 1.165) is 22.3 Å². The van der Waals surface area contributed by atoms with E-state index in [1.54, 1.807) is 23.7 Å². The number of aromatic nitrogens is 1. The molecule has 0 saturated carbocycles. The second kappa shape index (κ2) is 6.00. The highest BCUT2D eigenvalue weighted by atomic mass is 32.1. The predicted molar refractivity (Wildman–Crippen MR) is 80.2 cm³/mol. The van der Waals surface area contributed by atoms with E-state index in [-0.39, 0.29) is 12.2 Å². The first-order chi connectivity index (χ1) is 10.9. The summed E-state index contributed by atoms with van der Waals surface area (Å²) in [4.78, 5) is 16.1. The molecule has 0 N–H and O–H groups in total. The molecule has 3 aromatic rings. The number of halogens is 3. The van der Waals surface area contributed by atoms with Gasteiger partial charge in [0.05, 0.1) is 26.9 Å². The monoisotopic (exact) mass is 337 g/mol. The van der Waals surface area contributed by atoms with Crippen molar-refractivity contribution in [3.05, 3.63) is 64.7 Å². The molecule has 0 fully saturated rings. The maximum Gasteiger partial charge on any atom is 0.416 e. The molecule has 3 rings (SSSR count). The topological polar surface area (TPSA) is 39.2 Å². The van der Waals surface area contributed by atoms with E-state index < -0.39 is 17.7 Å². The molecule has 0 radical (unpaired) electrons. The number of carbonyl (C=O) groups excluding carboxylic acids is 1. The van der Waals surface area contributed by atoms with Crippen LogP contribution in [0.3, 0.4) is 0 Å². The lowest BCUT2D eigenvalue weighted by molar-refractivity contribution is -0.137. The number of thiazole rings is 1. The molecule has 1 heterocycles. The number of esters is 1. The highest BCUT2D eigenvalue weighted by Gasteiger charge is 2.30. The summed E-state index contributed by atoms with van der Waals surface area (Å²) in [7, 11) is 0. The van der Waals surface area contributed by atoms with E-state index in [0.29, 0.717) is 5.56 Å². The number of hydrogen-bond acceptors (Lipinski definition) is 4. The van der Waals surface area contributed by atoms with E-state index in [1.165, 1.54) is 23.5 Å². The summed E-state index contributed by atoms with van der Waals surface area (Å²) in [5, 5.41) is 0. The van der Waals surface area contributed by atoms with E-state index in [2.05, 4.69) is 4.98 Å². The van der Waals surface area contributed by atoms with Crippen molar-refractivity contribution in [1.82, 2.24) is 4.98 Å². The number of hydrogen-bond donors (Lipinski definition) is 0. The summed E-state index contributed by atoms with van der Waals surface area (Å²) in [6.45, 7) is -0.219. The van der Waals surface area contributed by atoms with Crippen molar-refractivity contribution < 1.29 is 22.7 Å². The molecular weight excluding hydrogens is 327 g/mol. The Bertz CT molecular complexity index is 858. The number of rotatable bonds is 3.